The Bertz CT molecular complexity index is 1390. The van der Waals surface area contributed by atoms with Crippen molar-refractivity contribution < 1.29 is 21.7 Å². The van der Waals surface area contributed by atoms with Crippen LogP contribution in [-0.2, 0) is 14.9 Å². The second kappa shape index (κ2) is 10.7. The third kappa shape index (κ3) is 5.46. The van der Waals surface area contributed by atoms with Crippen LogP contribution in [0.5, 0.6) is 0 Å². The van der Waals surface area contributed by atoms with Crippen molar-refractivity contribution in [1.82, 2.24) is 19.1 Å². The molecule has 2 aromatic heterocycles. The molecule has 0 unspecified atom stereocenters. The lowest BCUT2D eigenvalue weighted by Crippen LogP contribution is -2.47. The van der Waals surface area contributed by atoms with E-state index in [0.29, 0.717) is 19.4 Å². The Hall–Kier alpha value is -2.79. The molecule has 194 valence electrons. The van der Waals surface area contributed by atoms with E-state index < -0.39 is 34.5 Å². The number of hydrogen-bond acceptors (Lipinski definition) is 8. The van der Waals surface area contributed by atoms with Gasteiger partial charge in [0.2, 0.25) is 0 Å². The van der Waals surface area contributed by atoms with E-state index in [1.165, 1.54) is 12.3 Å². The SMILES string of the molecule is [2H]C([2H])([2H])N(c1ccc(C#N)cn1)S(=O)(=O)N1CCC(n2ncc(NC[C@]3(F)CCCOC3)c(Cl)c2=O)CC1. The number of rotatable bonds is 7. The van der Waals surface area contributed by atoms with Gasteiger partial charge in [-0.2, -0.15) is 23.1 Å². The maximum absolute atomic E-state index is 14.8. The van der Waals surface area contributed by atoms with Crippen LogP contribution in [0.2, 0.25) is 5.02 Å². The van der Waals surface area contributed by atoms with E-state index in [4.69, 9.17) is 25.7 Å². The molecule has 2 fully saturated rings. The zero-order valence-electron chi connectivity index (χ0n) is 22.2. The monoisotopic (exact) mass is 542 g/mol. The van der Waals surface area contributed by atoms with Crippen LogP contribution in [0.15, 0.2) is 29.3 Å². The Balaban J connectivity index is 1.46. The largest absolute Gasteiger partial charge is 0.379 e. The smallest absolute Gasteiger partial charge is 0.305 e. The van der Waals surface area contributed by atoms with E-state index in [2.05, 4.69) is 15.4 Å². The summed E-state index contributed by atoms with van der Waals surface area (Å²) in [6, 6.07) is 3.78. The Kier molecular flexibility index (Phi) is 6.65. The van der Waals surface area contributed by atoms with E-state index in [1.54, 1.807) is 0 Å². The predicted octanol–water partition coefficient (Wildman–Crippen LogP) is 2.11. The number of aromatic nitrogens is 3. The van der Waals surface area contributed by atoms with Gasteiger partial charge in [-0.1, -0.05) is 11.6 Å². The highest BCUT2D eigenvalue weighted by molar-refractivity contribution is 7.90. The molecule has 2 aromatic rings. The van der Waals surface area contributed by atoms with Crippen molar-refractivity contribution in [3.05, 3.63) is 45.5 Å². The van der Waals surface area contributed by atoms with Crippen LogP contribution < -0.4 is 15.2 Å². The fourth-order valence-corrected chi connectivity index (χ4v) is 5.61. The summed E-state index contributed by atoms with van der Waals surface area (Å²) < 4.78 is 72.6. The van der Waals surface area contributed by atoms with E-state index in [9.17, 15) is 17.6 Å². The molecular weight excluding hydrogens is 513 g/mol. The first-order chi connectivity index (χ1) is 18.4. The second-order valence-corrected chi connectivity index (χ2v) is 10.9. The number of halogens is 2. The number of nitrogens with zero attached hydrogens (tertiary/aromatic N) is 6. The van der Waals surface area contributed by atoms with Crippen LogP contribution in [0.25, 0.3) is 0 Å². The summed E-state index contributed by atoms with van der Waals surface area (Å²) in [5.41, 5.74) is -1.86. The predicted molar refractivity (Wildman–Crippen MR) is 132 cm³/mol. The van der Waals surface area contributed by atoms with Crippen LogP contribution >= 0.6 is 11.6 Å². The number of pyridine rings is 1. The fourth-order valence-electron chi connectivity index (χ4n) is 4.16. The first kappa shape index (κ1) is 22.4. The zero-order chi connectivity index (χ0) is 28.4. The summed E-state index contributed by atoms with van der Waals surface area (Å²) in [4.78, 5) is 16.8. The Morgan fingerprint density at radius 3 is 2.81 bits per heavy atom. The molecule has 0 radical (unpaired) electrons. The third-order valence-electron chi connectivity index (χ3n) is 6.22. The number of ether oxygens (including phenoxy) is 1. The quantitative estimate of drug-likeness (QED) is 0.562. The van der Waals surface area contributed by atoms with Crippen molar-refractivity contribution in [2.75, 3.05) is 49.4 Å². The van der Waals surface area contributed by atoms with Gasteiger partial charge in [0.1, 0.15) is 16.9 Å². The van der Waals surface area contributed by atoms with E-state index in [-0.39, 0.29) is 65.5 Å². The van der Waals surface area contributed by atoms with Gasteiger partial charge in [-0.3, -0.25) is 4.79 Å². The first-order valence-electron chi connectivity index (χ1n) is 12.8. The molecule has 1 N–H and O–H groups in total. The minimum absolute atomic E-state index is 0.0515. The minimum Gasteiger partial charge on any atom is -0.379 e. The molecule has 1 atom stereocenters. The van der Waals surface area contributed by atoms with Crippen molar-refractivity contribution >= 4 is 33.3 Å². The minimum atomic E-state index is -4.54. The Labute approximate surface area is 217 Å². The van der Waals surface area contributed by atoms with Crippen LogP contribution in [0.3, 0.4) is 0 Å². The number of alkyl halides is 1. The highest BCUT2D eigenvalue weighted by atomic mass is 35.5. The average molecular weight is 543 g/mol. The molecule has 0 aliphatic carbocycles. The number of hydrogen-bond donors (Lipinski definition) is 1. The molecule has 0 amide bonds. The topological polar surface area (TPSA) is 133 Å². The maximum Gasteiger partial charge on any atom is 0.305 e. The number of nitrogens with one attached hydrogen (secondary N) is 1. The lowest BCUT2D eigenvalue weighted by atomic mass is 9.99. The molecule has 2 saturated heterocycles. The molecule has 0 spiro atoms. The summed E-state index contributed by atoms with van der Waals surface area (Å²) in [7, 11) is -4.54. The maximum atomic E-state index is 14.8. The highest BCUT2D eigenvalue weighted by Crippen LogP contribution is 2.28. The van der Waals surface area contributed by atoms with Gasteiger partial charge in [0.25, 0.3) is 5.56 Å². The highest BCUT2D eigenvalue weighted by Gasteiger charge is 2.34. The van der Waals surface area contributed by atoms with Gasteiger partial charge in [-0.15, -0.1) is 0 Å². The number of nitriles is 1. The number of piperidine rings is 1. The third-order valence-corrected chi connectivity index (χ3v) is 8.26. The molecule has 4 heterocycles. The molecule has 0 saturated carbocycles. The molecule has 36 heavy (non-hydrogen) atoms. The van der Waals surface area contributed by atoms with Crippen molar-refractivity contribution in [3.63, 3.8) is 0 Å². The van der Waals surface area contributed by atoms with Gasteiger partial charge < -0.3 is 10.1 Å². The van der Waals surface area contributed by atoms with Gasteiger partial charge in [0, 0.05) is 37.0 Å². The van der Waals surface area contributed by atoms with Crippen LogP contribution in [0, 0.1) is 11.3 Å². The second-order valence-electron chi connectivity index (χ2n) is 8.70. The van der Waals surface area contributed by atoms with Gasteiger partial charge in [0.05, 0.1) is 36.6 Å². The molecule has 2 aliphatic rings. The molecule has 14 heteroatoms. The molecular formula is C22H27ClFN7O4S. The molecule has 4 rings (SSSR count). The Morgan fingerprint density at radius 1 is 1.42 bits per heavy atom. The number of anilines is 2. The summed E-state index contributed by atoms with van der Waals surface area (Å²) in [5.74, 6) is -0.348. The average Bonchev–Trinajstić information content (AvgIpc) is 2.89. The van der Waals surface area contributed by atoms with Gasteiger partial charge in [-0.25, -0.2) is 18.4 Å². The van der Waals surface area contributed by atoms with Crippen LogP contribution in [-0.4, -0.2) is 73.0 Å². The van der Waals surface area contributed by atoms with Crippen molar-refractivity contribution in [2.45, 2.75) is 37.4 Å². The molecule has 11 nitrogen and oxygen atoms in total. The molecule has 2 aliphatic heterocycles. The van der Waals surface area contributed by atoms with Crippen molar-refractivity contribution in [1.29, 1.82) is 5.26 Å². The van der Waals surface area contributed by atoms with Crippen molar-refractivity contribution in [3.8, 4) is 6.07 Å². The van der Waals surface area contributed by atoms with E-state index >= 15 is 0 Å². The summed E-state index contributed by atoms with van der Waals surface area (Å²) in [6.07, 6.45) is 3.66. The molecule has 0 bridgehead atoms. The van der Waals surface area contributed by atoms with Crippen LogP contribution in [0.4, 0.5) is 15.9 Å². The van der Waals surface area contributed by atoms with Crippen molar-refractivity contribution in [2.24, 2.45) is 0 Å². The van der Waals surface area contributed by atoms with Gasteiger partial charge in [-0.05, 0) is 37.8 Å². The lowest BCUT2D eigenvalue weighted by Gasteiger charge is -2.34. The first-order valence-corrected chi connectivity index (χ1v) is 13.1. The van der Waals surface area contributed by atoms with Crippen LogP contribution in [0.1, 0.15) is 41.4 Å². The molecule has 0 aromatic carbocycles. The summed E-state index contributed by atoms with van der Waals surface area (Å²) >= 11 is 6.27. The van der Waals surface area contributed by atoms with E-state index in [1.807, 2.05) is 6.07 Å². The standard InChI is InChI=1S/C22H27ClFN7O4S/c1-29(19-4-3-16(11-25)12-26-19)36(33,34)30-8-5-17(6-9-30)31-21(32)20(23)18(13-28-31)27-14-22(24)7-2-10-35-15-22/h3-4,12-13,17,27H,2,5-10,14-15H2,1H3/t22-/m1/s1/i1D3. The zero-order valence-corrected chi connectivity index (χ0v) is 20.8. The van der Waals surface area contributed by atoms with Gasteiger partial charge in [0.15, 0.2) is 5.67 Å². The summed E-state index contributed by atoms with van der Waals surface area (Å²) in [6.45, 7) is -2.90. The van der Waals surface area contributed by atoms with Gasteiger partial charge >= 0.3 is 10.2 Å². The normalized spacial score (nSPS) is 23.2. The fraction of sp³-hybridized carbons (Fsp3) is 0.545. The summed E-state index contributed by atoms with van der Waals surface area (Å²) in [5, 5.41) is 15.8. The Morgan fingerprint density at radius 2 is 2.19 bits per heavy atom. The lowest BCUT2D eigenvalue weighted by molar-refractivity contribution is -0.0234. The van der Waals surface area contributed by atoms with E-state index in [0.717, 1.165) is 21.3 Å².